The van der Waals surface area contributed by atoms with Crippen LogP contribution in [-0.2, 0) is 6.42 Å². The topological polar surface area (TPSA) is 50.7 Å². The quantitative estimate of drug-likeness (QED) is 0.563. The second kappa shape index (κ2) is 7.62. The largest absolute Gasteiger partial charge is 0.497 e. The third kappa shape index (κ3) is 4.04. The highest BCUT2D eigenvalue weighted by Gasteiger charge is 2.03. The molecule has 126 valence electrons. The average molecular weight is 332 g/mol. The number of methoxy groups -OCH3 is 1. The van der Waals surface area contributed by atoms with Gasteiger partial charge in [0.1, 0.15) is 5.75 Å². The average Bonchev–Trinajstić information content (AvgIpc) is 2.67. The first kappa shape index (κ1) is 16.7. The number of nitrogens with zero attached hydrogens (tertiary/aromatic N) is 1. The number of carbonyl (C=O) groups is 1. The molecule has 0 aliphatic carbocycles. The molecule has 3 aromatic carbocycles. The number of aryl methyl sites for hydroxylation is 1. The summed E-state index contributed by atoms with van der Waals surface area (Å²) in [5.41, 5.74) is 5.28. The Morgan fingerprint density at radius 2 is 1.76 bits per heavy atom. The van der Waals surface area contributed by atoms with Crippen molar-refractivity contribution in [2.24, 2.45) is 5.10 Å². The normalized spacial score (nSPS) is 11.0. The Bertz CT molecular complexity index is 915. The Kier molecular flexibility index (Phi) is 5.09. The molecule has 0 radical (unpaired) electrons. The Hall–Kier alpha value is -3.14. The van der Waals surface area contributed by atoms with Crippen molar-refractivity contribution < 1.29 is 9.53 Å². The predicted octanol–water partition coefficient (Wildman–Crippen LogP) is 4.17. The standard InChI is InChI=1S/C21H20N2O2/c1-3-15-4-7-17(8-5-15)21(24)23-22-14-16-6-9-19-13-20(25-2)11-10-18(19)12-16/h4-14H,3H2,1-2H3,(H,23,24)/b22-14-. The fourth-order valence-electron chi connectivity index (χ4n) is 2.57. The van der Waals surface area contributed by atoms with Crippen LogP contribution in [0.25, 0.3) is 10.8 Å². The van der Waals surface area contributed by atoms with Gasteiger partial charge in [0, 0.05) is 5.56 Å². The van der Waals surface area contributed by atoms with Crippen molar-refractivity contribution in [2.45, 2.75) is 13.3 Å². The SMILES string of the molecule is CCc1ccc(C(=O)N/N=C\c2ccc3cc(OC)ccc3c2)cc1. The zero-order chi connectivity index (χ0) is 17.6. The van der Waals surface area contributed by atoms with Crippen LogP contribution in [0.15, 0.2) is 65.8 Å². The molecule has 0 saturated heterocycles. The van der Waals surface area contributed by atoms with E-state index in [1.807, 2.05) is 60.7 Å². The first-order valence-corrected chi connectivity index (χ1v) is 8.20. The van der Waals surface area contributed by atoms with E-state index in [-0.39, 0.29) is 5.91 Å². The minimum atomic E-state index is -0.218. The smallest absolute Gasteiger partial charge is 0.271 e. The number of hydrogen-bond donors (Lipinski definition) is 1. The molecular formula is C21H20N2O2. The molecule has 3 aromatic rings. The van der Waals surface area contributed by atoms with Gasteiger partial charge in [0.05, 0.1) is 13.3 Å². The van der Waals surface area contributed by atoms with Crippen molar-refractivity contribution >= 4 is 22.9 Å². The summed E-state index contributed by atoms with van der Waals surface area (Å²) in [6, 6.07) is 19.4. The van der Waals surface area contributed by atoms with E-state index in [9.17, 15) is 4.79 Å². The molecule has 0 saturated carbocycles. The summed E-state index contributed by atoms with van der Waals surface area (Å²) in [6.07, 6.45) is 2.59. The molecule has 25 heavy (non-hydrogen) atoms. The third-order valence-electron chi connectivity index (χ3n) is 4.08. The van der Waals surface area contributed by atoms with Crippen LogP contribution in [0.1, 0.15) is 28.4 Å². The Morgan fingerprint density at radius 3 is 2.48 bits per heavy atom. The lowest BCUT2D eigenvalue weighted by atomic mass is 10.1. The van der Waals surface area contributed by atoms with Gasteiger partial charge in [-0.2, -0.15) is 5.10 Å². The van der Waals surface area contributed by atoms with Crippen LogP contribution >= 0.6 is 0 Å². The molecule has 0 aromatic heterocycles. The minimum Gasteiger partial charge on any atom is -0.497 e. The number of rotatable bonds is 5. The van der Waals surface area contributed by atoms with E-state index in [0.717, 1.165) is 28.5 Å². The molecular weight excluding hydrogens is 312 g/mol. The molecule has 4 heteroatoms. The van der Waals surface area contributed by atoms with Crippen molar-refractivity contribution in [3.05, 3.63) is 77.4 Å². The molecule has 0 unspecified atom stereocenters. The van der Waals surface area contributed by atoms with Gasteiger partial charge in [-0.15, -0.1) is 0 Å². The summed E-state index contributed by atoms with van der Waals surface area (Å²) in [7, 11) is 1.65. The van der Waals surface area contributed by atoms with E-state index >= 15 is 0 Å². The van der Waals surface area contributed by atoms with E-state index in [2.05, 4.69) is 17.5 Å². The molecule has 0 aliphatic rings. The van der Waals surface area contributed by atoms with Crippen molar-refractivity contribution in [3.63, 3.8) is 0 Å². The number of ether oxygens (including phenoxy) is 1. The maximum absolute atomic E-state index is 12.1. The summed E-state index contributed by atoms with van der Waals surface area (Å²) < 4.78 is 5.23. The van der Waals surface area contributed by atoms with Crippen LogP contribution in [0.3, 0.4) is 0 Å². The molecule has 0 aliphatic heterocycles. The Labute approximate surface area is 147 Å². The number of benzene rings is 3. The maximum Gasteiger partial charge on any atom is 0.271 e. The van der Waals surface area contributed by atoms with Gasteiger partial charge < -0.3 is 4.74 Å². The number of hydrogen-bond acceptors (Lipinski definition) is 3. The molecule has 4 nitrogen and oxygen atoms in total. The summed E-state index contributed by atoms with van der Waals surface area (Å²) in [4.78, 5) is 12.1. The van der Waals surface area contributed by atoms with Crippen molar-refractivity contribution in [2.75, 3.05) is 7.11 Å². The fourth-order valence-corrected chi connectivity index (χ4v) is 2.57. The Morgan fingerprint density at radius 1 is 1.04 bits per heavy atom. The lowest BCUT2D eigenvalue weighted by molar-refractivity contribution is 0.0955. The van der Waals surface area contributed by atoms with Crippen LogP contribution in [0.2, 0.25) is 0 Å². The van der Waals surface area contributed by atoms with Gasteiger partial charge in [0.25, 0.3) is 5.91 Å². The number of carbonyl (C=O) groups excluding carboxylic acids is 1. The summed E-state index contributed by atoms with van der Waals surface area (Å²) >= 11 is 0. The zero-order valence-electron chi connectivity index (χ0n) is 14.3. The van der Waals surface area contributed by atoms with Gasteiger partial charge in [-0.25, -0.2) is 5.43 Å². The molecule has 3 rings (SSSR count). The van der Waals surface area contributed by atoms with Gasteiger partial charge in [0.2, 0.25) is 0 Å². The fraction of sp³-hybridized carbons (Fsp3) is 0.143. The maximum atomic E-state index is 12.1. The molecule has 1 amide bonds. The minimum absolute atomic E-state index is 0.218. The molecule has 0 heterocycles. The molecule has 0 fully saturated rings. The first-order chi connectivity index (χ1) is 12.2. The lowest BCUT2D eigenvalue weighted by Crippen LogP contribution is -2.17. The van der Waals surface area contributed by atoms with E-state index in [0.29, 0.717) is 5.56 Å². The second-order valence-electron chi connectivity index (χ2n) is 5.72. The van der Waals surface area contributed by atoms with Gasteiger partial charge in [-0.3, -0.25) is 4.79 Å². The van der Waals surface area contributed by atoms with Gasteiger partial charge in [-0.05, 0) is 58.7 Å². The monoisotopic (exact) mass is 332 g/mol. The molecule has 1 N–H and O–H groups in total. The van der Waals surface area contributed by atoms with Gasteiger partial charge in [0.15, 0.2) is 0 Å². The number of amides is 1. The van der Waals surface area contributed by atoms with Crippen LogP contribution in [0.5, 0.6) is 5.75 Å². The summed E-state index contributed by atoms with van der Waals surface area (Å²) in [5.74, 6) is 0.611. The summed E-state index contributed by atoms with van der Waals surface area (Å²) in [5, 5.41) is 6.23. The summed E-state index contributed by atoms with van der Waals surface area (Å²) in [6.45, 7) is 2.08. The van der Waals surface area contributed by atoms with Crippen molar-refractivity contribution in [1.82, 2.24) is 5.43 Å². The van der Waals surface area contributed by atoms with Crippen molar-refractivity contribution in [3.8, 4) is 5.75 Å². The highest BCUT2D eigenvalue weighted by Crippen LogP contribution is 2.21. The highest BCUT2D eigenvalue weighted by molar-refractivity contribution is 5.95. The first-order valence-electron chi connectivity index (χ1n) is 8.20. The molecule has 0 spiro atoms. The Balaban J connectivity index is 1.68. The van der Waals surface area contributed by atoms with E-state index in [1.165, 1.54) is 5.56 Å². The molecule has 0 bridgehead atoms. The van der Waals surface area contributed by atoms with Crippen LogP contribution in [0, 0.1) is 0 Å². The van der Waals surface area contributed by atoms with Crippen LogP contribution in [-0.4, -0.2) is 19.2 Å². The van der Waals surface area contributed by atoms with E-state index in [4.69, 9.17) is 4.74 Å². The highest BCUT2D eigenvalue weighted by atomic mass is 16.5. The van der Waals surface area contributed by atoms with Gasteiger partial charge in [-0.1, -0.05) is 37.3 Å². The van der Waals surface area contributed by atoms with Crippen LogP contribution in [0.4, 0.5) is 0 Å². The van der Waals surface area contributed by atoms with E-state index in [1.54, 1.807) is 13.3 Å². The second-order valence-corrected chi connectivity index (χ2v) is 5.72. The predicted molar refractivity (Wildman–Crippen MR) is 101 cm³/mol. The zero-order valence-corrected chi connectivity index (χ0v) is 14.3. The number of hydrazone groups is 1. The number of nitrogens with one attached hydrogen (secondary N) is 1. The van der Waals surface area contributed by atoms with Gasteiger partial charge >= 0.3 is 0 Å². The molecule has 0 atom stereocenters. The lowest BCUT2D eigenvalue weighted by Gasteiger charge is -2.04. The number of fused-ring (bicyclic) bond motifs is 1. The van der Waals surface area contributed by atoms with E-state index < -0.39 is 0 Å². The van der Waals surface area contributed by atoms with Crippen molar-refractivity contribution in [1.29, 1.82) is 0 Å². The van der Waals surface area contributed by atoms with Crippen LogP contribution < -0.4 is 10.2 Å². The third-order valence-corrected chi connectivity index (χ3v) is 4.08.